The zero-order valence-corrected chi connectivity index (χ0v) is 20.7. The predicted octanol–water partition coefficient (Wildman–Crippen LogP) is 4.49. The van der Waals surface area contributed by atoms with Crippen molar-refractivity contribution in [3.8, 4) is 0 Å². The number of hydrogen-bond acceptors (Lipinski definition) is 4. The van der Waals surface area contributed by atoms with Crippen LogP contribution in [0.25, 0.3) is 0 Å². The van der Waals surface area contributed by atoms with Crippen LogP contribution in [0.4, 0.5) is 0 Å². The third-order valence-electron chi connectivity index (χ3n) is 8.57. The molecule has 5 aliphatic rings. The molecule has 4 bridgehead atoms. The fourth-order valence-electron chi connectivity index (χ4n) is 7.56. The number of carbonyl (C=O) groups is 1. The molecule has 1 aromatic rings. The van der Waals surface area contributed by atoms with Gasteiger partial charge in [-0.15, -0.1) is 0 Å². The van der Waals surface area contributed by atoms with Gasteiger partial charge in [-0.3, -0.25) is 4.79 Å². The molecule has 1 unspecified atom stereocenters. The molecule has 1 N–H and O–H groups in total. The maximum atomic E-state index is 13.1. The minimum atomic E-state index is -3.59. The van der Waals surface area contributed by atoms with Gasteiger partial charge < -0.3 is 0 Å². The van der Waals surface area contributed by atoms with Crippen LogP contribution in [0.2, 0.25) is 0 Å². The van der Waals surface area contributed by atoms with Crippen molar-refractivity contribution in [2.24, 2.45) is 34.2 Å². The van der Waals surface area contributed by atoms with Gasteiger partial charge in [0.1, 0.15) is 0 Å². The average Bonchev–Trinajstić information content (AvgIpc) is 2.76. The van der Waals surface area contributed by atoms with Crippen molar-refractivity contribution in [2.45, 2.75) is 76.5 Å². The van der Waals surface area contributed by atoms with E-state index in [0.717, 1.165) is 35.4 Å². The molecule has 1 amide bonds. The summed E-state index contributed by atoms with van der Waals surface area (Å²) in [6.45, 7) is 4.64. The molecule has 1 saturated heterocycles. The molecule has 0 spiro atoms. The van der Waals surface area contributed by atoms with Crippen molar-refractivity contribution < 1.29 is 13.2 Å². The van der Waals surface area contributed by atoms with Crippen LogP contribution in [-0.4, -0.2) is 37.4 Å². The number of hydrogen-bond donors (Lipinski definition) is 1. The van der Waals surface area contributed by atoms with Crippen molar-refractivity contribution in [2.75, 3.05) is 13.1 Å². The lowest BCUT2D eigenvalue weighted by atomic mass is 9.48. The molecule has 5 fully saturated rings. The molecule has 1 atom stereocenters. The number of hydrazone groups is 1. The van der Waals surface area contributed by atoms with E-state index >= 15 is 0 Å². The van der Waals surface area contributed by atoms with Crippen molar-refractivity contribution in [3.05, 3.63) is 29.8 Å². The Morgan fingerprint density at radius 2 is 1.70 bits per heavy atom. The van der Waals surface area contributed by atoms with Gasteiger partial charge in [-0.2, -0.15) is 9.41 Å². The summed E-state index contributed by atoms with van der Waals surface area (Å²) in [5.74, 6) is 2.19. The van der Waals surface area contributed by atoms with Gasteiger partial charge in [0.15, 0.2) is 0 Å². The third kappa shape index (κ3) is 4.76. The number of carbonyl (C=O) groups excluding carboxylic acids is 1. The first-order valence-corrected chi connectivity index (χ1v) is 14.1. The number of nitrogens with one attached hydrogen (secondary N) is 1. The number of piperidine rings is 1. The molecule has 4 saturated carbocycles. The Labute approximate surface area is 198 Å². The van der Waals surface area contributed by atoms with E-state index < -0.39 is 10.0 Å². The number of aryl methyl sites for hydroxylation is 1. The lowest BCUT2D eigenvalue weighted by molar-refractivity contribution is -0.126. The van der Waals surface area contributed by atoms with Gasteiger partial charge in [0.05, 0.1) is 10.8 Å². The highest BCUT2D eigenvalue weighted by Crippen LogP contribution is 2.61. The van der Waals surface area contributed by atoms with Crippen molar-refractivity contribution in [1.29, 1.82) is 0 Å². The smallest absolute Gasteiger partial charge is 0.244 e. The summed E-state index contributed by atoms with van der Waals surface area (Å²) >= 11 is 0. The van der Waals surface area contributed by atoms with Crippen molar-refractivity contribution in [3.63, 3.8) is 0 Å². The monoisotopic (exact) mass is 471 g/mol. The minimum Gasteiger partial charge on any atom is -0.273 e. The lowest BCUT2D eigenvalue weighted by Gasteiger charge is -2.57. The van der Waals surface area contributed by atoms with Crippen LogP contribution in [-0.2, 0) is 14.8 Å². The average molecular weight is 472 g/mol. The Hall–Kier alpha value is -1.73. The molecule has 1 heterocycles. The molecule has 33 heavy (non-hydrogen) atoms. The maximum Gasteiger partial charge on any atom is 0.244 e. The van der Waals surface area contributed by atoms with Crippen molar-refractivity contribution >= 4 is 21.6 Å². The molecule has 0 radical (unpaired) electrons. The first kappa shape index (κ1) is 23.0. The van der Waals surface area contributed by atoms with Crippen LogP contribution in [0.1, 0.15) is 70.3 Å². The molecule has 180 valence electrons. The van der Waals surface area contributed by atoms with Gasteiger partial charge in [0, 0.05) is 18.8 Å². The lowest BCUT2D eigenvalue weighted by Crippen LogP contribution is -2.47. The van der Waals surface area contributed by atoms with E-state index in [-0.39, 0.29) is 18.4 Å². The van der Waals surface area contributed by atoms with E-state index in [9.17, 15) is 13.2 Å². The second-order valence-electron chi connectivity index (χ2n) is 11.4. The van der Waals surface area contributed by atoms with Gasteiger partial charge >= 0.3 is 0 Å². The third-order valence-corrected chi connectivity index (χ3v) is 10.4. The van der Waals surface area contributed by atoms with Crippen LogP contribution in [0.15, 0.2) is 34.3 Å². The fourth-order valence-corrected chi connectivity index (χ4v) is 9.09. The Morgan fingerprint density at radius 3 is 2.30 bits per heavy atom. The highest BCUT2D eigenvalue weighted by atomic mass is 32.2. The summed E-state index contributed by atoms with van der Waals surface area (Å²) in [4.78, 5) is 13.2. The number of amides is 1. The van der Waals surface area contributed by atoms with Crippen LogP contribution in [0, 0.1) is 36.0 Å². The van der Waals surface area contributed by atoms with Gasteiger partial charge in [-0.25, -0.2) is 13.8 Å². The van der Waals surface area contributed by atoms with Gasteiger partial charge in [-0.1, -0.05) is 17.7 Å². The van der Waals surface area contributed by atoms with Crippen LogP contribution < -0.4 is 5.43 Å². The summed E-state index contributed by atoms with van der Waals surface area (Å²) in [6.07, 6.45) is 10.6. The second-order valence-corrected chi connectivity index (χ2v) is 13.4. The molecular weight excluding hydrogens is 434 g/mol. The minimum absolute atomic E-state index is 0.163. The highest BCUT2D eigenvalue weighted by molar-refractivity contribution is 7.89. The van der Waals surface area contributed by atoms with E-state index in [1.165, 1.54) is 42.8 Å². The first-order chi connectivity index (χ1) is 15.7. The molecule has 1 aliphatic heterocycles. The fraction of sp³-hybridized carbons (Fsp3) is 0.692. The van der Waals surface area contributed by atoms with Gasteiger partial charge in [0.25, 0.3) is 0 Å². The molecular formula is C26H37N3O3S. The van der Waals surface area contributed by atoms with Crippen LogP contribution in [0.3, 0.4) is 0 Å². The Bertz CT molecular complexity index is 996. The zero-order chi connectivity index (χ0) is 23.2. The SMILES string of the molecule is CC(CC12CC3CC(CC(C3)C1)C2)=NNC(=O)C1CCCN(S(=O)(=O)c2ccc(C)cc2)C1. The Kier molecular flexibility index (Phi) is 6.15. The molecule has 6 rings (SSSR count). The summed E-state index contributed by atoms with van der Waals surface area (Å²) in [5, 5.41) is 4.48. The maximum absolute atomic E-state index is 13.1. The Balaban J connectivity index is 1.19. The zero-order valence-electron chi connectivity index (χ0n) is 19.9. The summed E-state index contributed by atoms with van der Waals surface area (Å²) in [7, 11) is -3.59. The molecule has 0 aromatic heterocycles. The summed E-state index contributed by atoms with van der Waals surface area (Å²) < 4.78 is 27.6. The quantitative estimate of drug-likeness (QED) is 0.490. The highest BCUT2D eigenvalue weighted by Gasteiger charge is 2.50. The molecule has 4 aliphatic carbocycles. The standard InChI is InChI=1S/C26H37N3O3S/c1-18-5-7-24(8-6-18)33(31,32)29-9-3-4-23(17-29)25(30)28-27-19(2)13-26-14-20-10-21(15-26)12-22(11-20)16-26/h5-8,20-23H,3-4,9-17H2,1-2H3,(H,28,30). The second kappa shape index (κ2) is 8.81. The Morgan fingerprint density at radius 1 is 1.09 bits per heavy atom. The number of benzene rings is 1. The van der Waals surface area contributed by atoms with E-state index in [2.05, 4.69) is 10.5 Å². The number of sulfonamides is 1. The number of rotatable bonds is 6. The van der Waals surface area contributed by atoms with E-state index in [0.29, 0.717) is 29.7 Å². The van der Waals surface area contributed by atoms with E-state index in [1.807, 2.05) is 26.0 Å². The topological polar surface area (TPSA) is 78.8 Å². The van der Waals surface area contributed by atoms with E-state index in [1.54, 1.807) is 12.1 Å². The van der Waals surface area contributed by atoms with E-state index in [4.69, 9.17) is 0 Å². The predicted molar refractivity (Wildman–Crippen MR) is 129 cm³/mol. The van der Waals surface area contributed by atoms with Gasteiger partial charge in [0.2, 0.25) is 15.9 Å². The molecule has 6 nitrogen and oxygen atoms in total. The summed E-state index contributed by atoms with van der Waals surface area (Å²) in [6, 6.07) is 6.91. The number of nitrogens with zero attached hydrogens (tertiary/aromatic N) is 2. The normalized spacial score (nSPS) is 34.4. The summed E-state index contributed by atoms with van der Waals surface area (Å²) in [5.41, 5.74) is 5.21. The largest absolute Gasteiger partial charge is 0.273 e. The first-order valence-electron chi connectivity index (χ1n) is 12.6. The van der Waals surface area contributed by atoms with Gasteiger partial charge in [-0.05, 0) is 107 Å². The van der Waals surface area contributed by atoms with Crippen LogP contribution in [0.5, 0.6) is 0 Å². The van der Waals surface area contributed by atoms with Crippen molar-refractivity contribution in [1.82, 2.24) is 9.73 Å². The molecule has 1 aromatic carbocycles. The molecule has 7 heteroatoms. The van der Waals surface area contributed by atoms with Crippen LogP contribution >= 0.6 is 0 Å².